The van der Waals surface area contributed by atoms with Crippen molar-refractivity contribution in [3.05, 3.63) is 30.5 Å². The molecule has 3 rings (SSSR count). The van der Waals surface area contributed by atoms with Crippen molar-refractivity contribution in [2.75, 3.05) is 44.7 Å². The van der Waals surface area contributed by atoms with Gasteiger partial charge in [-0.1, -0.05) is 26.2 Å². The minimum atomic E-state index is -0.127. The smallest absolute Gasteiger partial charge is 0.319 e. The summed E-state index contributed by atoms with van der Waals surface area (Å²) < 4.78 is 7.69. The molecule has 27 heavy (non-hydrogen) atoms. The average molecular weight is 373 g/mol. The van der Waals surface area contributed by atoms with Crippen LogP contribution in [0.5, 0.6) is 0 Å². The first-order valence-corrected chi connectivity index (χ1v) is 10.2. The summed E-state index contributed by atoms with van der Waals surface area (Å²) in [6, 6.07) is 8.09. The number of hydrogen-bond donors (Lipinski definition) is 2. The largest absolute Gasteiger partial charge is 0.379 e. The van der Waals surface area contributed by atoms with Crippen LogP contribution in [-0.2, 0) is 11.3 Å². The fourth-order valence-electron chi connectivity index (χ4n) is 3.48. The summed E-state index contributed by atoms with van der Waals surface area (Å²) in [7, 11) is 0. The molecule has 0 saturated carbocycles. The number of aromatic nitrogens is 1. The van der Waals surface area contributed by atoms with Gasteiger partial charge in [-0.2, -0.15) is 0 Å². The van der Waals surface area contributed by atoms with Gasteiger partial charge >= 0.3 is 6.03 Å². The highest BCUT2D eigenvalue weighted by Crippen LogP contribution is 2.20. The Morgan fingerprint density at radius 3 is 2.78 bits per heavy atom. The molecule has 0 spiro atoms. The Balaban J connectivity index is 1.49. The monoisotopic (exact) mass is 372 g/mol. The lowest BCUT2D eigenvalue weighted by atomic mass is 10.2. The van der Waals surface area contributed by atoms with Crippen LogP contribution in [0, 0.1) is 0 Å². The van der Waals surface area contributed by atoms with Crippen molar-refractivity contribution >= 4 is 22.6 Å². The van der Waals surface area contributed by atoms with Crippen LogP contribution in [0.2, 0.25) is 0 Å². The number of nitrogens with one attached hydrogen (secondary N) is 2. The molecule has 1 saturated heterocycles. The standard InChI is InChI=1S/C21H32N4O2/c1-2-3-4-5-9-22-21(26)23-19-6-7-20-18(17-19)8-10-25(20)12-11-24-13-15-27-16-14-24/h6-8,10,17H,2-5,9,11-16H2,1H3,(H2,22,23,26). The summed E-state index contributed by atoms with van der Waals surface area (Å²) in [5.41, 5.74) is 2.04. The van der Waals surface area contributed by atoms with E-state index in [0.717, 1.165) is 63.4 Å². The van der Waals surface area contributed by atoms with Gasteiger partial charge in [-0.05, 0) is 30.7 Å². The zero-order valence-corrected chi connectivity index (χ0v) is 16.4. The van der Waals surface area contributed by atoms with Gasteiger partial charge in [0, 0.05) is 55.5 Å². The highest BCUT2D eigenvalue weighted by Gasteiger charge is 2.11. The topological polar surface area (TPSA) is 58.5 Å². The predicted molar refractivity (Wildman–Crippen MR) is 110 cm³/mol. The number of urea groups is 1. The van der Waals surface area contributed by atoms with Crippen molar-refractivity contribution in [1.82, 2.24) is 14.8 Å². The molecule has 148 valence electrons. The van der Waals surface area contributed by atoms with Crippen LogP contribution in [-0.4, -0.2) is 54.9 Å². The number of carbonyl (C=O) groups is 1. The second-order valence-corrected chi connectivity index (χ2v) is 7.18. The molecular formula is C21H32N4O2. The molecule has 0 atom stereocenters. The molecule has 0 unspecified atom stereocenters. The van der Waals surface area contributed by atoms with Gasteiger partial charge in [0.05, 0.1) is 13.2 Å². The van der Waals surface area contributed by atoms with Crippen LogP contribution >= 0.6 is 0 Å². The van der Waals surface area contributed by atoms with E-state index in [4.69, 9.17) is 4.74 Å². The number of hydrogen-bond acceptors (Lipinski definition) is 3. The Kier molecular flexibility index (Phi) is 7.54. The van der Waals surface area contributed by atoms with Crippen LogP contribution in [0.3, 0.4) is 0 Å². The highest BCUT2D eigenvalue weighted by atomic mass is 16.5. The van der Waals surface area contributed by atoms with Gasteiger partial charge in [0.25, 0.3) is 0 Å². The van der Waals surface area contributed by atoms with Gasteiger partial charge in [-0.3, -0.25) is 4.90 Å². The average Bonchev–Trinajstić information content (AvgIpc) is 3.09. The van der Waals surface area contributed by atoms with Gasteiger partial charge in [0.1, 0.15) is 0 Å². The van der Waals surface area contributed by atoms with E-state index in [0.29, 0.717) is 0 Å². The molecule has 2 heterocycles. The Morgan fingerprint density at radius 1 is 1.11 bits per heavy atom. The van der Waals surface area contributed by atoms with Gasteiger partial charge in [-0.25, -0.2) is 4.79 Å². The number of nitrogens with zero attached hydrogens (tertiary/aromatic N) is 2. The lowest BCUT2D eigenvalue weighted by Crippen LogP contribution is -2.38. The van der Waals surface area contributed by atoms with E-state index in [1.54, 1.807) is 0 Å². The Morgan fingerprint density at radius 2 is 1.96 bits per heavy atom. The maximum Gasteiger partial charge on any atom is 0.319 e. The SMILES string of the molecule is CCCCCCNC(=O)Nc1ccc2c(ccn2CCN2CCOCC2)c1. The van der Waals surface area contributed by atoms with Gasteiger partial charge < -0.3 is 19.9 Å². The van der Waals surface area contributed by atoms with Crippen molar-refractivity contribution < 1.29 is 9.53 Å². The number of fused-ring (bicyclic) bond motifs is 1. The van der Waals surface area contributed by atoms with Crippen molar-refractivity contribution in [3.8, 4) is 0 Å². The number of unbranched alkanes of at least 4 members (excludes halogenated alkanes) is 3. The molecule has 0 aliphatic carbocycles. The number of morpholine rings is 1. The molecule has 1 aliphatic rings. The normalized spacial score (nSPS) is 15.1. The Labute approximate surface area is 161 Å². The summed E-state index contributed by atoms with van der Waals surface area (Å²) in [6.07, 6.45) is 6.76. The van der Waals surface area contributed by atoms with Crippen molar-refractivity contribution in [3.63, 3.8) is 0 Å². The van der Waals surface area contributed by atoms with Gasteiger partial charge in [-0.15, -0.1) is 0 Å². The van der Waals surface area contributed by atoms with E-state index in [-0.39, 0.29) is 6.03 Å². The molecule has 1 aliphatic heterocycles. The quantitative estimate of drug-likeness (QED) is 0.660. The second kappa shape index (κ2) is 10.3. The molecule has 6 nitrogen and oxygen atoms in total. The number of amides is 2. The molecule has 1 fully saturated rings. The predicted octanol–water partition coefficient (Wildman–Crippen LogP) is 3.68. The molecule has 0 bridgehead atoms. The minimum Gasteiger partial charge on any atom is -0.379 e. The molecule has 2 amide bonds. The third-order valence-corrected chi connectivity index (χ3v) is 5.11. The minimum absolute atomic E-state index is 0.127. The summed E-state index contributed by atoms with van der Waals surface area (Å²) in [5, 5.41) is 7.02. The van der Waals surface area contributed by atoms with E-state index < -0.39 is 0 Å². The zero-order valence-electron chi connectivity index (χ0n) is 16.4. The van der Waals surface area contributed by atoms with Crippen LogP contribution in [0.1, 0.15) is 32.6 Å². The van der Waals surface area contributed by atoms with E-state index in [2.05, 4.69) is 45.4 Å². The Bertz CT molecular complexity index is 722. The van der Waals surface area contributed by atoms with Crippen molar-refractivity contribution in [2.45, 2.75) is 39.2 Å². The van der Waals surface area contributed by atoms with Crippen molar-refractivity contribution in [2.24, 2.45) is 0 Å². The van der Waals surface area contributed by atoms with E-state index >= 15 is 0 Å². The molecule has 6 heteroatoms. The second-order valence-electron chi connectivity index (χ2n) is 7.18. The van der Waals surface area contributed by atoms with Crippen LogP contribution in [0.15, 0.2) is 30.5 Å². The third kappa shape index (κ3) is 5.97. The van der Waals surface area contributed by atoms with Gasteiger partial charge in [0.2, 0.25) is 0 Å². The molecular weight excluding hydrogens is 340 g/mol. The van der Waals surface area contributed by atoms with Crippen LogP contribution < -0.4 is 10.6 Å². The summed E-state index contributed by atoms with van der Waals surface area (Å²) in [4.78, 5) is 14.5. The number of anilines is 1. The molecule has 2 N–H and O–H groups in total. The third-order valence-electron chi connectivity index (χ3n) is 5.11. The first-order chi connectivity index (χ1) is 13.3. The number of carbonyl (C=O) groups excluding carboxylic acids is 1. The molecule has 2 aromatic rings. The lowest BCUT2D eigenvalue weighted by Gasteiger charge is -2.26. The molecule has 0 radical (unpaired) electrons. The molecule has 1 aromatic carbocycles. The number of benzene rings is 1. The van der Waals surface area contributed by atoms with E-state index in [9.17, 15) is 4.79 Å². The zero-order chi connectivity index (χ0) is 18.9. The first kappa shape index (κ1) is 19.7. The van der Waals surface area contributed by atoms with E-state index in [1.165, 1.54) is 24.8 Å². The number of rotatable bonds is 9. The maximum absolute atomic E-state index is 12.0. The maximum atomic E-state index is 12.0. The Hall–Kier alpha value is -2.05. The summed E-state index contributed by atoms with van der Waals surface area (Å²) in [5.74, 6) is 0. The summed E-state index contributed by atoms with van der Waals surface area (Å²) >= 11 is 0. The number of ether oxygens (including phenoxy) is 1. The van der Waals surface area contributed by atoms with Crippen LogP contribution in [0.4, 0.5) is 10.5 Å². The molecule has 1 aromatic heterocycles. The lowest BCUT2D eigenvalue weighted by molar-refractivity contribution is 0.0365. The fraction of sp³-hybridized carbons (Fsp3) is 0.571. The summed E-state index contributed by atoms with van der Waals surface area (Å²) in [6.45, 7) is 8.62. The van der Waals surface area contributed by atoms with E-state index in [1.807, 2.05) is 12.1 Å². The first-order valence-electron chi connectivity index (χ1n) is 10.2. The highest BCUT2D eigenvalue weighted by molar-refractivity contribution is 5.92. The van der Waals surface area contributed by atoms with Crippen LogP contribution in [0.25, 0.3) is 10.9 Å². The van der Waals surface area contributed by atoms with Crippen molar-refractivity contribution in [1.29, 1.82) is 0 Å². The fourth-order valence-corrected chi connectivity index (χ4v) is 3.48. The van der Waals surface area contributed by atoms with Gasteiger partial charge in [0.15, 0.2) is 0 Å².